The monoisotopic (exact) mass is 385 g/mol. The molecule has 0 saturated carbocycles. The summed E-state index contributed by atoms with van der Waals surface area (Å²) in [5, 5.41) is 0. The van der Waals surface area contributed by atoms with Crippen LogP contribution in [0.25, 0.3) is 0 Å². The zero-order chi connectivity index (χ0) is 18.8. The van der Waals surface area contributed by atoms with E-state index < -0.39 is 0 Å². The normalized spacial score (nSPS) is 17.3. The van der Waals surface area contributed by atoms with Gasteiger partial charge in [0, 0.05) is 19.5 Å². The average Bonchev–Trinajstić information content (AvgIpc) is 3.30. The minimum Gasteiger partial charge on any atom is -0.445 e. The van der Waals surface area contributed by atoms with E-state index in [0.717, 1.165) is 30.6 Å². The maximum atomic E-state index is 13.3. The van der Waals surface area contributed by atoms with Gasteiger partial charge in [-0.25, -0.2) is 14.4 Å². The van der Waals surface area contributed by atoms with Gasteiger partial charge in [0.25, 0.3) is 5.91 Å². The first kappa shape index (κ1) is 17.9. The van der Waals surface area contributed by atoms with Crippen molar-refractivity contribution in [2.75, 3.05) is 13.1 Å². The number of likely N-dealkylation sites (tertiary alicyclic amines) is 1. The van der Waals surface area contributed by atoms with Gasteiger partial charge >= 0.3 is 0 Å². The van der Waals surface area contributed by atoms with Crippen molar-refractivity contribution in [1.82, 2.24) is 14.9 Å². The van der Waals surface area contributed by atoms with E-state index >= 15 is 0 Å². The van der Waals surface area contributed by atoms with Crippen molar-refractivity contribution < 1.29 is 13.6 Å². The lowest BCUT2D eigenvalue weighted by Crippen LogP contribution is -2.39. The van der Waals surface area contributed by atoms with Crippen molar-refractivity contribution in [3.8, 4) is 0 Å². The van der Waals surface area contributed by atoms with Crippen molar-refractivity contribution in [3.63, 3.8) is 0 Å². The summed E-state index contributed by atoms with van der Waals surface area (Å²) in [6.07, 6.45) is 4.05. The van der Waals surface area contributed by atoms with E-state index in [1.807, 2.05) is 17.9 Å². The van der Waals surface area contributed by atoms with Crippen molar-refractivity contribution in [3.05, 3.63) is 69.6 Å². The van der Waals surface area contributed by atoms with Crippen LogP contribution in [0.1, 0.15) is 51.3 Å². The Morgan fingerprint density at radius 2 is 2.30 bits per heavy atom. The zero-order valence-corrected chi connectivity index (χ0v) is 15.8. The van der Waals surface area contributed by atoms with Gasteiger partial charge in [-0.05, 0) is 37.5 Å². The van der Waals surface area contributed by atoms with Crippen LogP contribution in [-0.2, 0) is 6.42 Å². The second-order valence-electron chi connectivity index (χ2n) is 6.83. The Hall–Kier alpha value is -2.54. The van der Waals surface area contributed by atoms with Crippen molar-refractivity contribution in [1.29, 1.82) is 0 Å². The molecule has 0 radical (unpaired) electrons. The van der Waals surface area contributed by atoms with Crippen LogP contribution in [-0.4, -0.2) is 33.9 Å². The standard InChI is InChI=1S/C20H20FN3O2S/c1-13-18(27-12-23-13)20(25)24-7-3-5-15(11-24)19-22-10-17(26-19)9-14-4-2-6-16(21)8-14/h2,4,6,8,10,12,15H,3,5,7,9,11H2,1H3/t15-/m0/s1. The minimum atomic E-state index is -0.257. The van der Waals surface area contributed by atoms with Gasteiger partial charge in [0.15, 0.2) is 5.89 Å². The van der Waals surface area contributed by atoms with Crippen LogP contribution in [0.5, 0.6) is 0 Å². The molecule has 1 atom stereocenters. The number of carbonyl (C=O) groups is 1. The largest absolute Gasteiger partial charge is 0.445 e. The van der Waals surface area contributed by atoms with E-state index in [-0.39, 0.29) is 17.6 Å². The van der Waals surface area contributed by atoms with Gasteiger partial charge in [0.1, 0.15) is 16.5 Å². The highest BCUT2D eigenvalue weighted by Crippen LogP contribution is 2.29. The van der Waals surface area contributed by atoms with Gasteiger partial charge in [-0.15, -0.1) is 11.3 Å². The Balaban J connectivity index is 1.45. The number of nitrogens with zero attached hydrogens (tertiary/aromatic N) is 3. The zero-order valence-electron chi connectivity index (χ0n) is 15.0. The Morgan fingerprint density at radius 1 is 1.41 bits per heavy atom. The Kier molecular flexibility index (Phi) is 5.03. The van der Waals surface area contributed by atoms with Gasteiger partial charge < -0.3 is 9.32 Å². The molecule has 1 aliphatic heterocycles. The van der Waals surface area contributed by atoms with Crippen LogP contribution in [0.3, 0.4) is 0 Å². The summed E-state index contributed by atoms with van der Waals surface area (Å²) in [5.74, 6) is 1.22. The first-order chi connectivity index (χ1) is 13.1. The average molecular weight is 385 g/mol. The Labute approximate surface area is 160 Å². The van der Waals surface area contributed by atoms with E-state index in [4.69, 9.17) is 4.42 Å². The number of rotatable bonds is 4. The summed E-state index contributed by atoms with van der Waals surface area (Å²) in [4.78, 5) is 23.9. The Morgan fingerprint density at radius 3 is 3.07 bits per heavy atom. The first-order valence-electron chi connectivity index (χ1n) is 8.98. The summed E-state index contributed by atoms with van der Waals surface area (Å²) >= 11 is 1.38. The number of oxazole rings is 1. The molecular weight excluding hydrogens is 365 g/mol. The quantitative estimate of drug-likeness (QED) is 0.676. The number of hydrogen-bond acceptors (Lipinski definition) is 5. The van der Waals surface area contributed by atoms with Gasteiger partial charge in [-0.2, -0.15) is 0 Å². The molecule has 1 aliphatic rings. The van der Waals surface area contributed by atoms with Crippen LogP contribution < -0.4 is 0 Å². The minimum absolute atomic E-state index is 0.0336. The summed E-state index contributed by atoms with van der Waals surface area (Å²) in [5.41, 5.74) is 3.33. The predicted molar refractivity (Wildman–Crippen MR) is 100 cm³/mol. The van der Waals surface area contributed by atoms with Gasteiger partial charge in [0.2, 0.25) is 0 Å². The molecule has 140 valence electrons. The van der Waals surface area contributed by atoms with E-state index in [1.165, 1.54) is 23.5 Å². The van der Waals surface area contributed by atoms with Crippen LogP contribution in [0.2, 0.25) is 0 Å². The number of hydrogen-bond donors (Lipinski definition) is 0. The molecule has 3 heterocycles. The third-order valence-corrected chi connectivity index (χ3v) is 5.75. The molecule has 1 aromatic carbocycles. The molecule has 5 nitrogen and oxygen atoms in total. The van der Waals surface area contributed by atoms with E-state index in [0.29, 0.717) is 29.5 Å². The molecule has 0 N–H and O–H groups in total. The van der Waals surface area contributed by atoms with Crippen molar-refractivity contribution >= 4 is 17.2 Å². The fourth-order valence-electron chi connectivity index (χ4n) is 3.46. The van der Waals surface area contributed by atoms with Crippen molar-refractivity contribution in [2.24, 2.45) is 0 Å². The maximum Gasteiger partial charge on any atom is 0.265 e. The number of aryl methyl sites for hydroxylation is 1. The summed E-state index contributed by atoms with van der Waals surface area (Å²) < 4.78 is 19.3. The number of amides is 1. The molecule has 0 unspecified atom stereocenters. The lowest BCUT2D eigenvalue weighted by Gasteiger charge is -2.31. The molecule has 1 amide bonds. The molecule has 1 saturated heterocycles. The fourth-order valence-corrected chi connectivity index (χ4v) is 4.22. The summed E-state index contributed by atoms with van der Waals surface area (Å²) in [7, 11) is 0. The van der Waals surface area contributed by atoms with Crippen LogP contribution in [0, 0.1) is 12.7 Å². The lowest BCUT2D eigenvalue weighted by molar-refractivity contribution is 0.0702. The number of carbonyl (C=O) groups excluding carboxylic acids is 1. The molecule has 0 aliphatic carbocycles. The van der Waals surface area contributed by atoms with Crippen LogP contribution >= 0.6 is 11.3 Å². The summed E-state index contributed by atoms with van der Waals surface area (Å²) in [6.45, 7) is 3.19. The number of piperidine rings is 1. The molecule has 2 aromatic heterocycles. The first-order valence-corrected chi connectivity index (χ1v) is 9.86. The highest BCUT2D eigenvalue weighted by molar-refractivity contribution is 7.11. The lowest BCUT2D eigenvalue weighted by atomic mass is 9.98. The highest BCUT2D eigenvalue weighted by Gasteiger charge is 2.29. The van der Waals surface area contributed by atoms with Gasteiger partial charge in [0.05, 0.1) is 23.3 Å². The number of halogens is 1. The second-order valence-corrected chi connectivity index (χ2v) is 7.68. The molecule has 3 aromatic rings. The molecule has 0 spiro atoms. The maximum absolute atomic E-state index is 13.3. The summed E-state index contributed by atoms with van der Waals surface area (Å²) in [6, 6.07) is 6.48. The molecule has 1 fully saturated rings. The SMILES string of the molecule is Cc1ncsc1C(=O)N1CCC[C@H](c2ncc(Cc3cccc(F)c3)o2)C1. The second kappa shape index (κ2) is 7.60. The predicted octanol–water partition coefficient (Wildman–Crippen LogP) is 4.19. The molecular formula is C20H20FN3O2S. The van der Waals surface area contributed by atoms with Crippen LogP contribution in [0.4, 0.5) is 4.39 Å². The van der Waals surface area contributed by atoms with E-state index in [9.17, 15) is 9.18 Å². The number of thiazole rings is 1. The Bertz CT molecular complexity index is 952. The fraction of sp³-hybridized carbons (Fsp3) is 0.350. The third-order valence-electron chi connectivity index (χ3n) is 4.84. The van der Waals surface area contributed by atoms with Gasteiger partial charge in [-0.3, -0.25) is 4.79 Å². The van der Waals surface area contributed by atoms with Gasteiger partial charge in [-0.1, -0.05) is 12.1 Å². The highest BCUT2D eigenvalue weighted by atomic mass is 32.1. The molecule has 0 bridgehead atoms. The number of benzene rings is 1. The van der Waals surface area contributed by atoms with E-state index in [1.54, 1.807) is 17.8 Å². The van der Waals surface area contributed by atoms with Crippen molar-refractivity contribution in [2.45, 2.75) is 32.1 Å². The topological polar surface area (TPSA) is 59.2 Å². The molecule has 7 heteroatoms. The number of aromatic nitrogens is 2. The third kappa shape index (κ3) is 3.93. The van der Waals surface area contributed by atoms with E-state index in [2.05, 4.69) is 9.97 Å². The van der Waals surface area contributed by atoms with Crippen LogP contribution in [0.15, 0.2) is 40.4 Å². The smallest absolute Gasteiger partial charge is 0.265 e. The molecule has 4 rings (SSSR count). The molecule has 27 heavy (non-hydrogen) atoms.